The summed E-state index contributed by atoms with van der Waals surface area (Å²) in [6, 6.07) is 14.1. The molecule has 148 valence electrons. The van der Waals surface area contributed by atoms with Crippen molar-refractivity contribution in [1.82, 2.24) is 4.90 Å². The maximum Gasteiger partial charge on any atom is 0.248 e. The van der Waals surface area contributed by atoms with E-state index >= 15 is 0 Å². The Bertz CT molecular complexity index is 832. The lowest BCUT2D eigenvalue weighted by Crippen LogP contribution is -2.47. The molecule has 0 aromatic heterocycles. The molecule has 1 fully saturated rings. The van der Waals surface area contributed by atoms with Gasteiger partial charge in [0, 0.05) is 48.4 Å². The minimum atomic E-state index is -0.379. The first-order valence-corrected chi connectivity index (χ1v) is 10.7. The molecule has 1 unspecified atom stereocenters. The third-order valence-corrected chi connectivity index (χ3v) is 6.23. The number of primary amides is 1. The Labute approximate surface area is 174 Å². The molecule has 1 atom stereocenters. The van der Waals surface area contributed by atoms with Crippen molar-refractivity contribution in [1.29, 1.82) is 0 Å². The fourth-order valence-corrected chi connectivity index (χ4v) is 4.52. The Morgan fingerprint density at radius 1 is 1.11 bits per heavy atom. The van der Waals surface area contributed by atoms with Crippen LogP contribution in [-0.4, -0.2) is 50.1 Å². The molecule has 1 saturated heterocycles. The summed E-state index contributed by atoms with van der Waals surface area (Å²) in [5, 5.41) is 0. The van der Waals surface area contributed by atoms with E-state index in [0.29, 0.717) is 5.56 Å². The monoisotopic (exact) mass is 443 g/mol. The van der Waals surface area contributed by atoms with Gasteiger partial charge in [0.15, 0.2) is 0 Å². The average molecular weight is 444 g/mol. The zero-order valence-electron chi connectivity index (χ0n) is 15.9. The smallest absolute Gasteiger partial charge is 0.248 e. The molecule has 2 aromatic rings. The largest absolute Gasteiger partial charge is 0.373 e. The second-order valence-corrected chi connectivity index (χ2v) is 8.40. The Hall–Kier alpha value is -1.89. The number of piperazine rings is 1. The summed E-state index contributed by atoms with van der Waals surface area (Å²) in [6.45, 7) is 5.92. The highest BCUT2D eigenvalue weighted by Crippen LogP contribution is 2.31. The Morgan fingerprint density at radius 2 is 1.86 bits per heavy atom. The Kier molecular flexibility index (Phi) is 5.99. The number of nitrogens with two attached hydrogens (primary N) is 1. The number of hydrogen-bond donors (Lipinski definition) is 1. The number of halogens is 1. The van der Waals surface area contributed by atoms with Crippen molar-refractivity contribution in [2.45, 2.75) is 18.9 Å². The SMILES string of the molecule is NC(=O)c1ccc(N2CCN(CCC3OCCc4cc(Br)ccc43)CC2)cc1. The first-order valence-electron chi connectivity index (χ1n) is 9.87. The topological polar surface area (TPSA) is 58.8 Å². The van der Waals surface area contributed by atoms with Crippen molar-refractivity contribution >= 4 is 27.5 Å². The van der Waals surface area contributed by atoms with Crippen LogP contribution in [-0.2, 0) is 11.2 Å². The van der Waals surface area contributed by atoms with Gasteiger partial charge in [-0.3, -0.25) is 9.69 Å². The van der Waals surface area contributed by atoms with Gasteiger partial charge in [-0.1, -0.05) is 22.0 Å². The number of ether oxygens (including phenoxy) is 1. The maximum absolute atomic E-state index is 11.2. The fraction of sp³-hybridized carbons (Fsp3) is 0.409. The molecule has 2 aliphatic rings. The molecule has 2 N–H and O–H groups in total. The fourth-order valence-electron chi connectivity index (χ4n) is 4.11. The summed E-state index contributed by atoms with van der Waals surface area (Å²) >= 11 is 3.57. The molecular weight excluding hydrogens is 418 g/mol. The quantitative estimate of drug-likeness (QED) is 0.769. The third kappa shape index (κ3) is 4.40. The summed E-state index contributed by atoms with van der Waals surface area (Å²) in [4.78, 5) is 16.1. The molecule has 1 amide bonds. The summed E-state index contributed by atoms with van der Waals surface area (Å²) in [7, 11) is 0. The van der Waals surface area contributed by atoms with E-state index in [2.05, 4.69) is 43.9 Å². The third-order valence-electron chi connectivity index (χ3n) is 5.74. The molecule has 4 rings (SSSR count). The van der Waals surface area contributed by atoms with E-state index in [-0.39, 0.29) is 12.0 Å². The first-order chi connectivity index (χ1) is 13.6. The number of fused-ring (bicyclic) bond motifs is 1. The number of hydrogen-bond acceptors (Lipinski definition) is 4. The highest BCUT2D eigenvalue weighted by atomic mass is 79.9. The minimum Gasteiger partial charge on any atom is -0.373 e. The van der Waals surface area contributed by atoms with Crippen LogP contribution in [0.5, 0.6) is 0 Å². The van der Waals surface area contributed by atoms with Crippen LogP contribution < -0.4 is 10.6 Å². The lowest BCUT2D eigenvalue weighted by Gasteiger charge is -2.37. The number of rotatable bonds is 5. The van der Waals surface area contributed by atoms with Crippen LogP contribution in [0.25, 0.3) is 0 Å². The maximum atomic E-state index is 11.2. The van der Waals surface area contributed by atoms with Crippen molar-refractivity contribution < 1.29 is 9.53 Å². The number of benzene rings is 2. The van der Waals surface area contributed by atoms with E-state index in [1.807, 2.05) is 12.1 Å². The van der Waals surface area contributed by atoms with Crippen LogP contribution >= 0.6 is 15.9 Å². The number of amides is 1. The van der Waals surface area contributed by atoms with Crippen LogP contribution in [0.2, 0.25) is 0 Å². The van der Waals surface area contributed by atoms with Crippen molar-refractivity contribution in [3.05, 3.63) is 63.6 Å². The van der Waals surface area contributed by atoms with Gasteiger partial charge in [-0.05, 0) is 60.4 Å². The van der Waals surface area contributed by atoms with Gasteiger partial charge in [-0.15, -0.1) is 0 Å². The molecular formula is C22H26BrN3O2. The zero-order valence-corrected chi connectivity index (χ0v) is 17.5. The van der Waals surface area contributed by atoms with Gasteiger partial charge in [-0.25, -0.2) is 0 Å². The number of nitrogens with zero attached hydrogens (tertiary/aromatic N) is 2. The summed E-state index contributed by atoms with van der Waals surface area (Å²) in [5.74, 6) is -0.379. The summed E-state index contributed by atoms with van der Waals surface area (Å²) in [6.07, 6.45) is 2.23. The van der Waals surface area contributed by atoms with Gasteiger partial charge in [-0.2, -0.15) is 0 Å². The van der Waals surface area contributed by atoms with E-state index in [4.69, 9.17) is 10.5 Å². The molecule has 0 bridgehead atoms. The van der Waals surface area contributed by atoms with E-state index < -0.39 is 0 Å². The van der Waals surface area contributed by atoms with Gasteiger partial charge in [0.05, 0.1) is 12.7 Å². The van der Waals surface area contributed by atoms with E-state index in [1.165, 1.54) is 11.1 Å². The van der Waals surface area contributed by atoms with Gasteiger partial charge < -0.3 is 15.4 Å². The molecule has 28 heavy (non-hydrogen) atoms. The lowest BCUT2D eigenvalue weighted by atomic mass is 9.95. The average Bonchev–Trinajstić information content (AvgIpc) is 2.72. The molecule has 0 radical (unpaired) electrons. The van der Waals surface area contributed by atoms with Gasteiger partial charge in [0.1, 0.15) is 0 Å². The molecule has 2 aliphatic heterocycles. The van der Waals surface area contributed by atoms with E-state index in [0.717, 1.165) is 62.3 Å². The minimum absolute atomic E-state index is 0.205. The highest BCUT2D eigenvalue weighted by Gasteiger charge is 2.23. The van der Waals surface area contributed by atoms with Gasteiger partial charge in [0.25, 0.3) is 0 Å². The van der Waals surface area contributed by atoms with Crippen molar-refractivity contribution in [2.75, 3.05) is 44.2 Å². The van der Waals surface area contributed by atoms with Crippen molar-refractivity contribution in [3.8, 4) is 0 Å². The summed E-state index contributed by atoms with van der Waals surface area (Å²) in [5.41, 5.74) is 9.79. The molecule has 5 nitrogen and oxygen atoms in total. The number of carbonyl (C=O) groups is 1. The van der Waals surface area contributed by atoms with E-state index in [9.17, 15) is 4.79 Å². The highest BCUT2D eigenvalue weighted by molar-refractivity contribution is 9.10. The van der Waals surface area contributed by atoms with Gasteiger partial charge in [0.2, 0.25) is 5.91 Å². The second-order valence-electron chi connectivity index (χ2n) is 7.48. The Balaban J connectivity index is 1.29. The second kappa shape index (κ2) is 8.64. The van der Waals surface area contributed by atoms with Crippen molar-refractivity contribution in [3.63, 3.8) is 0 Å². The molecule has 2 aromatic carbocycles. The molecule has 0 saturated carbocycles. The van der Waals surface area contributed by atoms with Crippen LogP contribution in [0.3, 0.4) is 0 Å². The van der Waals surface area contributed by atoms with E-state index in [1.54, 1.807) is 12.1 Å². The number of anilines is 1. The standard InChI is InChI=1S/C22H26BrN3O2/c23-18-3-6-20-17(15-18)8-14-28-21(20)7-9-25-10-12-26(13-11-25)19-4-1-16(2-5-19)22(24)27/h1-6,15,21H,7-14H2,(H2,24,27). The molecule has 0 aliphatic carbocycles. The predicted molar refractivity (Wildman–Crippen MR) is 115 cm³/mol. The zero-order chi connectivity index (χ0) is 19.5. The molecule has 0 spiro atoms. The van der Waals surface area contributed by atoms with Crippen LogP contribution in [0, 0.1) is 0 Å². The van der Waals surface area contributed by atoms with Gasteiger partial charge >= 0.3 is 0 Å². The van der Waals surface area contributed by atoms with Crippen LogP contribution in [0.15, 0.2) is 46.9 Å². The predicted octanol–water partition coefficient (Wildman–Crippen LogP) is 3.37. The number of carbonyl (C=O) groups excluding carboxylic acids is 1. The van der Waals surface area contributed by atoms with Crippen molar-refractivity contribution in [2.24, 2.45) is 5.73 Å². The normalized spacial score (nSPS) is 20.0. The molecule has 6 heteroatoms. The van der Waals surface area contributed by atoms with Crippen LogP contribution in [0.4, 0.5) is 5.69 Å². The lowest BCUT2D eigenvalue weighted by molar-refractivity contribution is 0.0289. The van der Waals surface area contributed by atoms with Crippen LogP contribution in [0.1, 0.15) is 34.0 Å². The summed E-state index contributed by atoms with van der Waals surface area (Å²) < 4.78 is 7.21. The molecule has 2 heterocycles. The Morgan fingerprint density at radius 3 is 2.57 bits per heavy atom. The first kappa shape index (κ1) is 19.4.